The summed E-state index contributed by atoms with van der Waals surface area (Å²) in [5.74, 6) is 1.34. The highest BCUT2D eigenvalue weighted by Crippen LogP contribution is 2.37. The van der Waals surface area contributed by atoms with Gasteiger partial charge in [-0.15, -0.1) is 0 Å². The van der Waals surface area contributed by atoms with Crippen molar-refractivity contribution < 1.29 is 9.59 Å². The molecular formula is C11H17NO2. The predicted molar refractivity (Wildman–Crippen MR) is 52.7 cm³/mol. The van der Waals surface area contributed by atoms with Crippen molar-refractivity contribution in [3.8, 4) is 0 Å². The molecule has 14 heavy (non-hydrogen) atoms. The molecule has 1 aliphatic carbocycles. The molecule has 0 bridgehead atoms. The number of hydrogen-bond donors (Lipinski definition) is 0. The van der Waals surface area contributed by atoms with Crippen molar-refractivity contribution in [2.45, 2.75) is 39.2 Å². The van der Waals surface area contributed by atoms with Gasteiger partial charge in [-0.2, -0.15) is 0 Å². The summed E-state index contributed by atoms with van der Waals surface area (Å²) >= 11 is 0. The topological polar surface area (TPSA) is 37.4 Å². The van der Waals surface area contributed by atoms with E-state index in [0.29, 0.717) is 36.5 Å². The van der Waals surface area contributed by atoms with Gasteiger partial charge in [-0.1, -0.05) is 6.92 Å². The molecule has 1 heterocycles. The Kier molecular flexibility index (Phi) is 2.33. The fourth-order valence-electron chi connectivity index (χ4n) is 3.10. The van der Waals surface area contributed by atoms with Crippen molar-refractivity contribution in [3.05, 3.63) is 0 Å². The fourth-order valence-corrected chi connectivity index (χ4v) is 3.10. The molecule has 3 heteroatoms. The van der Waals surface area contributed by atoms with Crippen LogP contribution in [0, 0.1) is 11.8 Å². The van der Waals surface area contributed by atoms with E-state index in [4.69, 9.17) is 0 Å². The number of rotatable bonds is 0. The molecule has 0 aromatic carbocycles. The molecule has 1 amide bonds. The fraction of sp³-hybridized carbons (Fsp3) is 0.818. The van der Waals surface area contributed by atoms with Crippen LogP contribution in [0.4, 0.5) is 0 Å². The highest BCUT2D eigenvalue weighted by Gasteiger charge is 2.43. The van der Waals surface area contributed by atoms with Crippen LogP contribution in [0.5, 0.6) is 0 Å². The van der Waals surface area contributed by atoms with E-state index in [1.165, 1.54) is 0 Å². The minimum absolute atomic E-state index is 0.165. The van der Waals surface area contributed by atoms with Gasteiger partial charge in [-0.25, -0.2) is 0 Å². The van der Waals surface area contributed by atoms with Gasteiger partial charge in [0.2, 0.25) is 5.91 Å². The second kappa shape index (κ2) is 3.37. The zero-order chi connectivity index (χ0) is 10.3. The van der Waals surface area contributed by atoms with Crippen LogP contribution < -0.4 is 0 Å². The van der Waals surface area contributed by atoms with E-state index in [2.05, 4.69) is 6.92 Å². The number of amides is 1. The number of Topliss-reactive ketones (excluding diaryl/α,β-unsaturated/α-hetero) is 1. The zero-order valence-electron chi connectivity index (χ0n) is 8.82. The first-order valence-electron chi connectivity index (χ1n) is 5.38. The summed E-state index contributed by atoms with van der Waals surface area (Å²) in [5.41, 5.74) is 0. The van der Waals surface area contributed by atoms with Crippen molar-refractivity contribution in [1.82, 2.24) is 4.90 Å². The van der Waals surface area contributed by atoms with Crippen molar-refractivity contribution in [2.75, 3.05) is 6.54 Å². The van der Waals surface area contributed by atoms with E-state index < -0.39 is 0 Å². The number of nitrogens with zero attached hydrogens (tertiary/aromatic N) is 1. The number of hydrogen-bond acceptors (Lipinski definition) is 2. The first kappa shape index (κ1) is 9.69. The molecule has 1 saturated carbocycles. The third-order valence-corrected chi connectivity index (χ3v) is 3.61. The lowest BCUT2D eigenvalue weighted by Gasteiger charge is -2.35. The summed E-state index contributed by atoms with van der Waals surface area (Å²) in [6.07, 6.45) is 2.37. The monoisotopic (exact) mass is 195 g/mol. The molecule has 0 aromatic rings. The third-order valence-electron chi connectivity index (χ3n) is 3.61. The minimum Gasteiger partial charge on any atom is -0.339 e. The summed E-state index contributed by atoms with van der Waals surface area (Å²) < 4.78 is 0. The SMILES string of the molecule is CC(=O)N1CC[C@H]2CC(=O)C[C@@H](C)[C@@H]21. The van der Waals surface area contributed by atoms with E-state index >= 15 is 0 Å². The lowest BCUT2D eigenvalue weighted by molar-refractivity contribution is -0.134. The molecule has 0 unspecified atom stereocenters. The van der Waals surface area contributed by atoms with Crippen LogP contribution in [-0.2, 0) is 9.59 Å². The van der Waals surface area contributed by atoms with Crippen molar-refractivity contribution in [2.24, 2.45) is 11.8 Å². The maximum atomic E-state index is 11.4. The van der Waals surface area contributed by atoms with Crippen molar-refractivity contribution in [1.29, 1.82) is 0 Å². The number of fused-ring (bicyclic) bond motifs is 1. The van der Waals surface area contributed by atoms with Crippen LogP contribution in [-0.4, -0.2) is 29.2 Å². The summed E-state index contributed by atoms with van der Waals surface area (Å²) in [6.45, 7) is 4.57. The maximum absolute atomic E-state index is 11.4. The molecule has 0 spiro atoms. The summed E-state index contributed by atoms with van der Waals surface area (Å²) in [4.78, 5) is 24.7. The Bertz CT molecular complexity index is 274. The maximum Gasteiger partial charge on any atom is 0.219 e. The lowest BCUT2D eigenvalue weighted by Crippen LogP contribution is -2.44. The number of ketones is 1. The molecular weight excluding hydrogens is 178 g/mol. The number of carbonyl (C=O) groups excluding carboxylic acids is 2. The van der Waals surface area contributed by atoms with Gasteiger partial charge in [-0.05, 0) is 18.3 Å². The Hall–Kier alpha value is -0.860. The van der Waals surface area contributed by atoms with Gasteiger partial charge in [0.05, 0.1) is 0 Å². The summed E-state index contributed by atoms with van der Waals surface area (Å²) in [5, 5.41) is 0. The molecule has 78 valence electrons. The summed E-state index contributed by atoms with van der Waals surface area (Å²) in [7, 11) is 0. The standard InChI is InChI=1S/C11H17NO2/c1-7-5-10(14)6-9-3-4-12(8(2)13)11(7)9/h7,9,11H,3-6H2,1-2H3/t7-,9+,11+/m1/s1. The largest absolute Gasteiger partial charge is 0.339 e. The van der Waals surface area contributed by atoms with Crippen molar-refractivity contribution in [3.63, 3.8) is 0 Å². The second-order valence-electron chi connectivity index (χ2n) is 4.68. The molecule has 0 N–H and O–H groups in total. The van der Waals surface area contributed by atoms with Crippen LogP contribution in [0.3, 0.4) is 0 Å². The Balaban J connectivity index is 2.17. The molecule has 0 radical (unpaired) electrons. The molecule has 3 atom stereocenters. The number of carbonyl (C=O) groups is 2. The zero-order valence-corrected chi connectivity index (χ0v) is 8.82. The molecule has 1 saturated heterocycles. The minimum atomic E-state index is 0.165. The van der Waals surface area contributed by atoms with Gasteiger partial charge in [0, 0.05) is 32.4 Å². The third kappa shape index (κ3) is 1.45. The second-order valence-corrected chi connectivity index (χ2v) is 4.68. The van der Waals surface area contributed by atoms with Crippen LogP contribution in [0.25, 0.3) is 0 Å². The Morgan fingerprint density at radius 3 is 2.79 bits per heavy atom. The van der Waals surface area contributed by atoms with Crippen LogP contribution >= 0.6 is 0 Å². The average molecular weight is 195 g/mol. The van der Waals surface area contributed by atoms with E-state index in [1.54, 1.807) is 6.92 Å². The van der Waals surface area contributed by atoms with Gasteiger partial charge in [-0.3, -0.25) is 9.59 Å². The Morgan fingerprint density at radius 1 is 1.43 bits per heavy atom. The van der Waals surface area contributed by atoms with E-state index in [0.717, 1.165) is 13.0 Å². The highest BCUT2D eigenvalue weighted by molar-refractivity contribution is 5.81. The van der Waals surface area contributed by atoms with Crippen LogP contribution in [0.2, 0.25) is 0 Å². The normalized spacial score (nSPS) is 37.1. The average Bonchev–Trinajstić information content (AvgIpc) is 2.47. The first-order valence-corrected chi connectivity index (χ1v) is 5.38. The van der Waals surface area contributed by atoms with Crippen LogP contribution in [0.1, 0.15) is 33.1 Å². The molecule has 2 aliphatic rings. The quantitative estimate of drug-likeness (QED) is 0.583. The van der Waals surface area contributed by atoms with Gasteiger partial charge >= 0.3 is 0 Å². The lowest BCUT2D eigenvalue weighted by atomic mass is 9.77. The number of likely N-dealkylation sites (tertiary alicyclic amines) is 1. The molecule has 1 aliphatic heterocycles. The molecule has 2 fully saturated rings. The summed E-state index contributed by atoms with van der Waals surface area (Å²) in [6, 6.07) is 0.338. The van der Waals surface area contributed by atoms with Gasteiger partial charge in [0.25, 0.3) is 0 Å². The van der Waals surface area contributed by atoms with E-state index in [-0.39, 0.29) is 5.91 Å². The van der Waals surface area contributed by atoms with Crippen molar-refractivity contribution >= 4 is 11.7 Å². The highest BCUT2D eigenvalue weighted by atomic mass is 16.2. The Morgan fingerprint density at radius 2 is 2.14 bits per heavy atom. The molecule has 3 nitrogen and oxygen atoms in total. The Labute approximate surface area is 84.5 Å². The molecule has 2 rings (SSSR count). The smallest absolute Gasteiger partial charge is 0.219 e. The molecule has 0 aromatic heterocycles. The first-order chi connectivity index (χ1) is 6.59. The van der Waals surface area contributed by atoms with Crippen LogP contribution in [0.15, 0.2) is 0 Å². The van der Waals surface area contributed by atoms with E-state index in [9.17, 15) is 9.59 Å². The predicted octanol–water partition coefficient (Wildman–Crippen LogP) is 1.22. The van der Waals surface area contributed by atoms with E-state index in [1.807, 2.05) is 4.90 Å². The van der Waals surface area contributed by atoms with Gasteiger partial charge < -0.3 is 4.90 Å². The van der Waals surface area contributed by atoms with Gasteiger partial charge in [0.1, 0.15) is 5.78 Å². The van der Waals surface area contributed by atoms with Gasteiger partial charge in [0.15, 0.2) is 0 Å².